The minimum atomic E-state index is -0.309. The predicted octanol–water partition coefficient (Wildman–Crippen LogP) is 3.01. The maximum absolute atomic E-state index is 14.2. The Kier molecular flexibility index (Phi) is 7.21. The van der Waals surface area contributed by atoms with E-state index in [0.29, 0.717) is 47.5 Å². The molecular formula is C22H29FN8OS. The number of aromatic nitrogens is 5. The normalized spacial score (nSPS) is 15.2. The van der Waals surface area contributed by atoms with E-state index in [2.05, 4.69) is 30.7 Å². The first-order valence-corrected chi connectivity index (χ1v) is 10.5. The van der Waals surface area contributed by atoms with E-state index in [1.54, 1.807) is 30.1 Å². The van der Waals surface area contributed by atoms with Crippen LogP contribution in [0.2, 0.25) is 0 Å². The molecule has 0 bridgehead atoms. The molecule has 3 aromatic rings. The minimum absolute atomic E-state index is 0. The number of fused-ring (bicyclic) bond motifs is 1. The van der Waals surface area contributed by atoms with Crippen LogP contribution in [0.1, 0.15) is 36.4 Å². The van der Waals surface area contributed by atoms with Crippen molar-refractivity contribution in [3.05, 3.63) is 53.0 Å². The van der Waals surface area contributed by atoms with Gasteiger partial charge in [-0.15, -0.1) is 0 Å². The number of carbonyl (C=O) groups excluding carboxylic acids is 1. The molecule has 1 aliphatic heterocycles. The summed E-state index contributed by atoms with van der Waals surface area (Å²) in [6, 6.07) is 1.37. The molecule has 0 spiro atoms. The third kappa shape index (κ3) is 4.92. The quantitative estimate of drug-likeness (QED) is 0.569. The van der Waals surface area contributed by atoms with Crippen LogP contribution >= 0.6 is 13.5 Å². The molecule has 4 rings (SSSR count). The van der Waals surface area contributed by atoms with Crippen molar-refractivity contribution in [2.75, 3.05) is 22.6 Å². The zero-order valence-corrected chi connectivity index (χ0v) is 20.3. The molecule has 2 N–H and O–H groups in total. The number of rotatable bonds is 6. The Balaban J connectivity index is 0.00000306. The molecule has 9 nitrogen and oxygen atoms in total. The monoisotopic (exact) mass is 472 g/mol. The van der Waals surface area contributed by atoms with Gasteiger partial charge < -0.3 is 15.5 Å². The van der Waals surface area contributed by atoms with Crippen LogP contribution in [0.4, 0.5) is 21.8 Å². The Morgan fingerprint density at radius 3 is 2.73 bits per heavy atom. The lowest BCUT2D eigenvalue weighted by molar-refractivity contribution is -0.118. The first-order valence-electron chi connectivity index (χ1n) is 10.5. The second-order valence-corrected chi connectivity index (χ2v) is 8.39. The van der Waals surface area contributed by atoms with Crippen molar-refractivity contribution in [2.24, 2.45) is 5.92 Å². The van der Waals surface area contributed by atoms with Crippen LogP contribution in [0.25, 0.3) is 0 Å². The van der Waals surface area contributed by atoms with E-state index in [4.69, 9.17) is 0 Å². The molecule has 176 valence electrons. The van der Waals surface area contributed by atoms with Crippen LogP contribution < -0.4 is 15.5 Å². The number of aryl methyl sites for hydroxylation is 2. The Hall–Kier alpha value is -3.21. The third-order valence-corrected chi connectivity index (χ3v) is 5.58. The molecule has 0 radical (unpaired) electrons. The number of halogens is 1. The van der Waals surface area contributed by atoms with Gasteiger partial charge in [-0.05, 0) is 25.8 Å². The standard InChI is InChI=1S/C22H27FN8O.H2S/c1-12(2)19-21(32)28-18-14(4)27-22(29-20(18)30(19)5)25-8-15-9-26-31(10-15)11-16-6-7-24-13(3)17(16)23;/h6-7,9-10,12,19H,8,11H2,1-5H3,(H,28,32)(H,25,27,29);1H2/t19-;/m0./s1. The summed E-state index contributed by atoms with van der Waals surface area (Å²) in [6.07, 6.45) is 5.18. The van der Waals surface area contributed by atoms with E-state index in [0.717, 1.165) is 5.56 Å². The highest BCUT2D eigenvalue weighted by atomic mass is 32.1. The molecule has 0 fully saturated rings. The van der Waals surface area contributed by atoms with Gasteiger partial charge in [-0.3, -0.25) is 14.5 Å². The van der Waals surface area contributed by atoms with E-state index < -0.39 is 0 Å². The number of hydrogen-bond donors (Lipinski definition) is 2. The molecule has 0 saturated carbocycles. The number of nitrogens with one attached hydrogen (secondary N) is 2. The number of anilines is 3. The van der Waals surface area contributed by atoms with Gasteiger partial charge in [-0.25, -0.2) is 9.37 Å². The van der Waals surface area contributed by atoms with E-state index in [1.165, 1.54) is 0 Å². The van der Waals surface area contributed by atoms with Gasteiger partial charge in [0, 0.05) is 37.1 Å². The number of pyridine rings is 1. The SMILES string of the molecule is Cc1nccc(Cn2cc(CNc3nc(C)c4c(n3)N(C)[C@@H](C(C)C)C(=O)N4)cn2)c1F.S. The van der Waals surface area contributed by atoms with Gasteiger partial charge in [0.05, 0.1) is 24.1 Å². The third-order valence-electron chi connectivity index (χ3n) is 5.58. The number of amides is 1. The topological polar surface area (TPSA) is 101 Å². The van der Waals surface area contributed by atoms with E-state index in [1.807, 2.05) is 38.9 Å². The number of carbonyl (C=O) groups is 1. The number of nitrogens with zero attached hydrogens (tertiary/aromatic N) is 6. The summed E-state index contributed by atoms with van der Waals surface area (Å²) in [5.74, 6) is 0.944. The van der Waals surface area contributed by atoms with E-state index >= 15 is 0 Å². The minimum Gasteiger partial charge on any atom is -0.350 e. The first kappa shape index (κ1) is 24.4. The Morgan fingerprint density at radius 1 is 1.24 bits per heavy atom. The van der Waals surface area contributed by atoms with Gasteiger partial charge in [-0.2, -0.15) is 23.6 Å². The smallest absolute Gasteiger partial charge is 0.247 e. The average Bonchev–Trinajstić information content (AvgIpc) is 3.18. The van der Waals surface area contributed by atoms with Gasteiger partial charge >= 0.3 is 0 Å². The first-order chi connectivity index (χ1) is 15.2. The van der Waals surface area contributed by atoms with Crippen molar-refractivity contribution in [2.45, 2.75) is 46.8 Å². The lowest BCUT2D eigenvalue weighted by Crippen LogP contribution is -2.49. The van der Waals surface area contributed by atoms with E-state index in [9.17, 15) is 9.18 Å². The maximum Gasteiger partial charge on any atom is 0.247 e. The largest absolute Gasteiger partial charge is 0.350 e. The highest BCUT2D eigenvalue weighted by Crippen LogP contribution is 2.34. The maximum atomic E-state index is 14.2. The van der Waals surface area contributed by atoms with Crippen molar-refractivity contribution in [3.63, 3.8) is 0 Å². The summed E-state index contributed by atoms with van der Waals surface area (Å²) >= 11 is 0. The summed E-state index contributed by atoms with van der Waals surface area (Å²) in [4.78, 5) is 27.5. The molecule has 0 aromatic carbocycles. The summed E-state index contributed by atoms with van der Waals surface area (Å²) in [5.41, 5.74) is 3.16. The molecule has 0 unspecified atom stereocenters. The summed E-state index contributed by atoms with van der Waals surface area (Å²) in [5, 5.41) is 10.5. The fraction of sp³-hybridized carbons (Fsp3) is 0.409. The van der Waals surface area contributed by atoms with Gasteiger partial charge in [0.15, 0.2) is 5.82 Å². The Labute approximate surface area is 199 Å². The second kappa shape index (κ2) is 9.74. The van der Waals surface area contributed by atoms with Crippen LogP contribution in [-0.2, 0) is 17.9 Å². The number of hydrogen-bond acceptors (Lipinski definition) is 7. The van der Waals surface area contributed by atoms with E-state index in [-0.39, 0.29) is 37.2 Å². The molecule has 0 aliphatic carbocycles. The van der Waals surface area contributed by atoms with Crippen molar-refractivity contribution < 1.29 is 9.18 Å². The molecule has 3 aromatic heterocycles. The Morgan fingerprint density at radius 2 is 2.00 bits per heavy atom. The van der Waals surface area contributed by atoms with Crippen molar-refractivity contribution in [1.29, 1.82) is 0 Å². The lowest BCUT2D eigenvalue weighted by atomic mass is 9.99. The molecule has 1 amide bonds. The van der Waals surface area contributed by atoms with Crippen LogP contribution in [0.5, 0.6) is 0 Å². The van der Waals surface area contributed by atoms with Crippen molar-refractivity contribution in [1.82, 2.24) is 24.7 Å². The summed E-state index contributed by atoms with van der Waals surface area (Å²) in [7, 11) is 1.88. The summed E-state index contributed by atoms with van der Waals surface area (Å²) in [6.45, 7) is 8.29. The van der Waals surface area contributed by atoms with Crippen molar-refractivity contribution in [3.8, 4) is 0 Å². The van der Waals surface area contributed by atoms with Gasteiger partial charge in [0.2, 0.25) is 11.9 Å². The molecule has 1 atom stereocenters. The molecule has 4 heterocycles. The molecule has 11 heteroatoms. The van der Waals surface area contributed by atoms with Crippen LogP contribution in [0, 0.1) is 25.6 Å². The highest BCUT2D eigenvalue weighted by Gasteiger charge is 2.35. The zero-order valence-electron chi connectivity index (χ0n) is 19.3. The molecule has 0 saturated heterocycles. The van der Waals surface area contributed by atoms with Crippen LogP contribution in [-0.4, -0.2) is 43.7 Å². The van der Waals surface area contributed by atoms with Gasteiger partial charge in [0.25, 0.3) is 0 Å². The van der Waals surface area contributed by atoms with Crippen molar-refractivity contribution >= 4 is 36.9 Å². The van der Waals surface area contributed by atoms with Gasteiger partial charge in [-0.1, -0.05) is 13.8 Å². The van der Waals surface area contributed by atoms with Gasteiger partial charge in [0.1, 0.15) is 17.5 Å². The molecular weight excluding hydrogens is 443 g/mol. The average molecular weight is 473 g/mol. The van der Waals surface area contributed by atoms with Crippen LogP contribution in [0.15, 0.2) is 24.7 Å². The molecule has 33 heavy (non-hydrogen) atoms. The fourth-order valence-electron chi connectivity index (χ4n) is 3.96. The van der Waals surface area contributed by atoms with Crippen LogP contribution in [0.3, 0.4) is 0 Å². The highest BCUT2D eigenvalue weighted by molar-refractivity contribution is 7.59. The second-order valence-electron chi connectivity index (χ2n) is 8.39. The molecule has 1 aliphatic rings. The fourth-order valence-corrected chi connectivity index (χ4v) is 3.96. The zero-order chi connectivity index (χ0) is 23.0. The lowest BCUT2D eigenvalue weighted by Gasteiger charge is -2.36. The predicted molar refractivity (Wildman–Crippen MR) is 130 cm³/mol. The summed E-state index contributed by atoms with van der Waals surface area (Å²) < 4.78 is 15.9. The number of likely N-dealkylation sites (N-methyl/N-ethyl adjacent to an activating group) is 1. The Bertz CT molecular complexity index is 1170.